The molecule has 0 bridgehead atoms. The zero-order valence-corrected chi connectivity index (χ0v) is 30.9. The second kappa shape index (κ2) is 35.4. The van der Waals surface area contributed by atoms with Crippen LogP contribution in [0.25, 0.3) is 0 Å². The maximum Gasteiger partial charge on any atom is 0.306 e. The van der Waals surface area contributed by atoms with E-state index >= 15 is 0 Å². The van der Waals surface area contributed by atoms with Gasteiger partial charge in [0.1, 0.15) is 5.60 Å². The highest BCUT2D eigenvalue weighted by Gasteiger charge is 2.15. The maximum absolute atomic E-state index is 11.8. The van der Waals surface area contributed by atoms with Crippen LogP contribution in [0.15, 0.2) is 0 Å². The molecule has 0 saturated heterocycles. The number of hydrogen-bond donors (Lipinski definition) is 2. The van der Waals surface area contributed by atoms with Crippen molar-refractivity contribution in [1.29, 1.82) is 0 Å². The molecule has 0 aromatic carbocycles. The van der Waals surface area contributed by atoms with Crippen molar-refractivity contribution in [2.24, 2.45) is 0 Å². The Morgan fingerprint density at radius 1 is 0.458 bits per heavy atom. The predicted octanol–water partition coefficient (Wildman–Crippen LogP) is 1.67. The molecule has 16 heteroatoms. The smallest absolute Gasteiger partial charge is 0.306 e. The molecule has 48 heavy (non-hydrogen) atoms. The third-order valence-corrected chi connectivity index (χ3v) is 6.20. The zero-order valence-electron chi connectivity index (χ0n) is 29.4. The molecular formula is C32H61BrN2O13. The second-order valence-electron chi connectivity index (χ2n) is 11.1. The Labute approximate surface area is 295 Å². The summed E-state index contributed by atoms with van der Waals surface area (Å²) in [5.74, 6) is -0.352. The number of hydrogen-bond acceptors (Lipinski definition) is 13. The van der Waals surface area contributed by atoms with Gasteiger partial charge in [-0.15, -0.1) is 0 Å². The van der Waals surface area contributed by atoms with Crippen molar-refractivity contribution in [3.8, 4) is 0 Å². The average molecular weight is 762 g/mol. The number of carbonyl (C=O) groups excluding carboxylic acids is 3. The van der Waals surface area contributed by atoms with Crippen LogP contribution < -0.4 is 10.6 Å². The largest absolute Gasteiger partial charge is 0.460 e. The molecule has 0 aliphatic carbocycles. The second-order valence-corrected chi connectivity index (χ2v) is 11.7. The minimum absolute atomic E-state index is 0.0545. The lowest BCUT2D eigenvalue weighted by Crippen LogP contribution is -2.28. The van der Waals surface area contributed by atoms with E-state index in [0.717, 1.165) is 0 Å². The van der Waals surface area contributed by atoms with Crippen molar-refractivity contribution >= 4 is 33.7 Å². The zero-order chi connectivity index (χ0) is 35.4. The molecule has 0 radical (unpaired) electrons. The summed E-state index contributed by atoms with van der Waals surface area (Å²) < 4.78 is 54.2. The van der Waals surface area contributed by atoms with Crippen LogP contribution >= 0.6 is 15.9 Å². The van der Waals surface area contributed by atoms with Gasteiger partial charge in [0.15, 0.2) is 0 Å². The highest BCUT2D eigenvalue weighted by Crippen LogP contribution is 2.10. The topological polar surface area (TPSA) is 168 Å². The fourth-order valence-electron chi connectivity index (χ4n) is 3.47. The van der Waals surface area contributed by atoms with Gasteiger partial charge in [-0.1, -0.05) is 15.9 Å². The molecule has 2 amide bonds. The first-order chi connectivity index (χ1) is 23.2. The predicted molar refractivity (Wildman–Crippen MR) is 181 cm³/mol. The van der Waals surface area contributed by atoms with E-state index < -0.39 is 5.60 Å². The summed E-state index contributed by atoms with van der Waals surface area (Å²) in [7, 11) is 0. The first-order valence-corrected chi connectivity index (χ1v) is 17.9. The van der Waals surface area contributed by atoms with E-state index in [1.165, 1.54) is 0 Å². The van der Waals surface area contributed by atoms with E-state index in [4.69, 9.17) is 47.4 Å². The molecule has 0 spiro atoms. The van der Waals surface area contributed by atoms with Crippen LogP contribution in [0.2, 0.25) is 0 Å². The first kappa shape index (κ1) is 46.5. The highest BCUT2D eigenvalue weighted by atomic mass is 79.9. The van der Waals surface area contributed by atoms with Gasteiger partial charge in [0.2, 0.25) is 11.8 Å². The number of halogens is 1. The Hall–Kier alpha value is -1.47. The summed E-state index contributed by atoms with van der Waals surface area (Å²) in [5, 5.41) is 5.78. The third-order valence-electron chi connectivity index (χ3n) is 5.69. The quantitative estimate of drug-likeness (QED) is 0.0539. The molecule has 0 aromatic heterocycles. The van der Waals surface area contributed by atoms with Crippen LogP contribution in [0, 0.1) is 0 Å². The number of esters is 1. The summed E-state index contributed by atoms with van der Waals surface area (Å²) >= 11 is 3.08. The molecule has 0 unspecified atom stereocenters. The number of ether oxygens (including phenoxy) is 10. The number of nitrogens with one attached hydrogen (secondary N) is 2. The Morgan fingerprint density at radius 2 is 0.750 bits per heavy atom. The Balaban J connectivity index is 3.17. The number of rotatable bonds is 36. The van der Waals surface area contributed by atoms with Gasteiger partial charge in [0, 0.05) is 25.9 Å². The van der Waals surface area contributed by atoms with E-state index in [1.54, 1.807) is 0 Å². The first-order valence-electron chi connectivity index (χ1n) is 16.8. The Kier molecular flexibility index (Phi) is 34.3. The van der Waals surface area contributed by atoms with Crippen molar-refractivity contribution < 1.29 is 61.8 Å². The fourth-order valence-corrected chi connectivity index (χ4v) is 3.67. The Morgan fingerprint density at radius 3 is 1.06 bits per heavy atom. The lowest BCUT2D eigenvalue weighted by molar-refractivity contribution is -0.155. The highest BCUT2D eigenvalue weighted by molar-refractivity contribution is 9.09. The minimum Gasteiger partial charge on any atom is -0.460 e. The van der Waals surface area contributed by atoms with Crippen LogP contribution in [0.4, 0.5) is 0 Å². The van der Waals surface area contributed by atoms with Crippen molar-refractivity contribution in [2.45, 2.75) is 52.1 Å². The molecule has 0 aromatic rings. The van der Waals surface area contributed by atoms with Gasteiger partial charge in [-0.3, -0.25) is 14.4 Å². The van der Waals surface area contributed by atoms with Crippen LogP contribution in [-0.2, 0) is 61.8 Å². The lowest BCUT2D eigenvalue weighted by atomic mass is 10.1. The summed E-state index contributed by atoms with van der Waals surface area (Å²) in [4.78, 5) is 34.5. The minimum atomic E-state index is -0.482. The monoisotopic (exact) mass is 760 g/mol. The number of carbonyl (C=O) groups is 3. The molecule has 2 N–H and O–H groups in total. The maximum atomic E-state index is 11.8. The lowest BCUT2D eigenvalue weighted by Gasteiger charge is -2.19. The summed E-state index contributed by atoms with van der Waals surface area (Å²) in [6.07, 6.45) is 1.95. The average Bonchev–Trinajstić information content (AvgIpc) is 3.04. The van der Waals surface area contributed by atoms with Gasteiger partial charge in [0.25, 0.3) is 0 Å². The molecule has 0 saturated carbocycles. The molecule has 284 valence electrons. The van der Waals surface area contributed by atoms with Crippen LogP contribution in [0.1, 0.15) is 46.5 Å². The number of alkyl halides is 1. The molecule has 0 fully saturated rings. The van der Waals surface area contributed by atoms with Gasteiger partial charge < -0.3 is 58.0 Å². The van der Waals surface area contributed by atoms with Crippen LogP contribution in [0.5, 0.6) is 0 Å². The normalized spacial score (nSPS) is 11.5. The van der Waals surface area contributed by atoms with Crippen molar-refractivity contribution in [3.63, 3.8) is 0 Å². The van der Waals surface area contributed by atoms with E-state index in [-0.39, 0.29) is 17.8 Å². The molecule has 0 rings (SSSR count). The van der Waals surface area contributed by atoms with Crippen LogP contribution in [0.3, 0.4) is 0 Å². The van der Waals surface area contributed by atoms with E-state index in [9.17, 15) is 14.4 Å². The van der Waals surface area contributed by atoms with Crippen molar-refractivity contribution in [1.82, 2.24) is 10.6 Å². The molecule has 0 aliphatic rings. The van der Waals surface area contributed by atoms with Gasteiger partial charge in [-0.25, -0.2) is 0 Å². The molecule has 15 nitrogen and oxygen atoms in total. The molecule has 0 aliphatic heterocycles. The number of amides is 2. The summed E-state index contributed by atoms with van der Waals surface area (Å²) in [6.45, 7) is 14.8. The van der Waals surface area contributed by atoms with Crippen molar-refractivity contribution in [2.75, 3.05) is 137 Å². The third kappa shape index (κ3) is 39.0. The van der Waals surface area contributed by atoms with Crippen molar-refractivity contribution in [3.05, 3.63) is 0 Å². The van der Waals surface area contributed by atoms with E-state index in [0.29, 0.717) is 163 Å². The van der Waals surface area contributed by atoms with Gasteiger partial charge >= 0.3 is 5.97 Å². The number of unbranched alkanes of at least 4 members (excludes halogenated alkanes) is 1. The van der Waals surface area contributed by atoms with Crippen LogP contribution in [-0.4, -0.2) is 161 Å². The van der Waals surface area contributed by atoms with Gasteiger partial charge in [-0.05, 0) is 33.6 Å². The summed E-state index contributed by atoms with van der Waals surface area (Å²) in [5.41, 5.74) is -0.482. The van der Waals surface area contributed by atoms with E-state index in [1.807, 2.05) is 20.8 Å². The summed E-state index contributed by atoms with van der Waals surface area (Å²) in [6, 6.07) is 0. The van der Waals surface area contributed by atoms with E-state index in [2.05, 4.69) is 26.6 Å². The van der Waals surface area contributed by atoms with Gasteiger partial charge in [0.05, 0.1) is 124 Å². The molecular weight excluding hydrogens is 700 g/mol. The Bertz CT molecular complexity index is 760. The SMILES string of the molecule is CC(C)(C)OC(=O)CCCCC(=O)NCCOCCOCCOCCOCCOCCOCCOCCOCCOCCNC(=O)CBr. The van der Waals surface area contributed by atoms with Gasteiger partial charge in [-0.2, -0.15) is 0 Å². The molecule has 0 atom stereocenters. The molecule has 0 heterocycles. The standard InChI is InChI=1S/C32H61BrN2O13/c1-32(2,3)48-31(38)7-5-4-6-29(36)34-8-10-39-12-14-41-16-18-43-20-22-45-24-26-47-27-25-46-23-21-44-19-17-42-15-13-40-11-9-35-30(37)28-33/h4-28H2,1-3H3,(H,34,36)(H,35,37). The fraction of sp³-hybridized carbons (Fsp3) is 0.906.